The molecule has 0 radical (unpaired) electrons. The summed E-state index contributed by atoms with van der Waals surface area (Å²) in [6.07, 6.45) is 0. The first kappa shape index (κ1) is 20.9. The highest BCUT2D eigenvalue weighted by atomic mass is 19.1. The van der Waals surface area contributed by atoms with Crippen LogP contribution >= 0.6 is 0 Å². The van der Waals surface area contributed by atoms with E-state index in [0.29, 0.717) is 0 Å². The Balaban J connectivity index is 2.15. The van der Waals surface area contributed by atoms with Crippen molar-refractivity contribution in [3.63, 3.8) is 0 Å². The number of ether oxygens (including phenoxy) is 3. The predicted molar refractivity (Wildman–Crippen MR) is 98.9 cm³/mol. The highest BCUT2D eigenvalue weighted by molar-refractivity contribution is 5.99. The van der Waals surface area contributed by atoms with E-state index in [0.717, 1.165) is 0 Å². The average molecular weight is 389 g/mol. The van der Waals surface area contributed by atoms with Crippen molar-refractivity contribution >= 4 is 23.5 Å². The third kappa shape index (κ3) is 5.80. The molecule has 1 amide bonds. The number of amides is 1. The normalized spacial score (nSPS) is 10.1. The van der Waals surface area contributed by atoms with Gasteiger partial charge in [0.05, 0.1) is 24.3 Å². The molecule has 0 bridgehead atoms. The molecule has 2 aromatic rings. The zero-order valence-electron chi connectivity index (χ0n) is 15.5. The SMILES string of the molecule is CCOC(=O)c1cc(NC(=O)COc2ccccc2F)cc(C(=O)OCC)c1. The van der Waals surface area contributed by atoms with Gasteiger partial charge in [-0.15, -0.1) is 0 Å². The van der Waals surface area contributed by atoms with Crippen molar-refractivity contribution in [2.45, 2.75) is 13.8 Å². The maximum atomic E-state index is 13.5. The second-order valence-corrected chi connectivity index (χ2v) is 5.51. The number of hydrogen-bond acceptors (Lipinski definition) is 6. The molecule has 1 N–H and O–H groups in total. The number of benzene rings is 2. The monoisotopic (exact) mass is 389 g/mol. The van der Waals surface area contributed by atoms with Crippen LogP contribution in [0.15, 0.2) is 42.5 Å². The number of rotatable bonds is 8. The number of carbonyl (C=O) groups is 3. The van der Waals surface area contributed by atoms with E-state index in [9.17, 15) is 18.8 Å². The number of anilines is 1. The van der Waals surface area contributed by atoms with Gasteiger partial charge in [0.2, 0.25) is 0 Å². The lowest BCUT2D eigenvalue weighted by atomic mass is 10.1. The summed E-state index contributed by atoms with van der Waals surface area (Å²) in [6.45, 7) is 3.15. The fourth-order valence-electron chi connectivity index (χ4n) is 2.27. The fourth-order valence-corrected chi connectivity index (χ4v) is 2.27. The van der Waals surface area contributed by atoms with Gasteiger partial charge in [0, 0.05) is 5.69 Å². The van der Waals surface area contributed by atoms with Crippen molar-refractivity contribution in [3.8, 4) is 5.75 Å². The Bertz CT molecular complexity index is 831. The number of halogens is 1. The molecule has 0 aromatic heterocycles. The zero-order valence-corrected chi connectivity index (χ0v) is 15.5. The topological polar surface area (TPSA) is 90.9 Å². The molecule has 2 rings (SSSR count). The Hall–Kier alpha value is -3.42. The second kappa shape index (κ2) is 10.1. The molecule has 0 aliphatic carbocycles. The first-order chi connectivity index (χ1) is 13.4. The van der Waals surface area contributed by atoms with Crippen molar-refractivity contribution in [1.82, 2.24) is 0 Å². The molecule has 0 saturated heterocycles. The fraction of sp³-hybridized carbons (Fsp3) is 0.250. The number of hydrogen-bond donors (Lipinski definition) is 1. The highest BCUT2D eigenvalue weighted by Gasteiger charge is 2.16. The van der Waals surface area contributed by atoms with Gasteiger partial charge in [0.15, 0.2) is 18.2 Å². The van der Waals surface area contributed by atoms with Gasteiger partial charge < -0.3 is 19.5 Å². The van der Waals surface area contributed by atoms with Crippen molar-refractivity contribution in [3.05, 3.63) is 59.4 Å². The molecule has 0 fully saturated rings. The molecule has 8 heteroatoms. The Morgan fingerprint density at radius 2 is 1.50 bits per heavy atom. The lowest BCUT2D eigenvalue weighted by Crippen LogP contribution is -2.21. The lowest BCUT2D eigenvalue weighted by Gasteiger charge is -2.11. The van der Waals surface area contributed by atoms with Gasteiger partial charge in [-0.25, -0.2) is 14.0 Å². The second-order valence-electron chi connectivity index (χ2n) is 5.51. The number of nitrogens with one attached hydrogen (secondary N) is 1. The van der Waals surface area contributed by atoms with Crippen LogP contribution in [-0.4, -0.2) is 37.7 Å². The van der Waals surface area contributed by atoms with Crippen LogP contribution in [0.4, 0.5) is 10.1 Å². The third-order valence-electron chi connectivity index (χ3n) is 3.43. The van der Waals surface area contributed by atoms with Crippen molar-refractivity contribution in [1.29, 1.82) is 0 Å². The Morgan fingerprint density at radius 3 is 2.04 bits per heavy atom. The Kier molecular flexibility index (Phi) is 7.50. The predicted octanol–water partition coefficient (Wildman–Crippen LogP) is 3.20. The molecule has 28 heavy (non-hydrogen) atoms. The maximum absolute atomic E-state index is 13.5. The van der Waals surface area contributed by atoms with Gasteiger partial charge in [-0.1, -0.05) is 12.1 Å². The molecule has 0 heterocycles. The van der Waals surface area contributed by atoms with Crippen LogP contribution in [0.25, 0.3) is 0 Å². The van der Waals surface area contributed by atoms with E-state index in [1.165, 1.54) is 36.4 Å². The Labute approximate surface area is 161 Å². The van der Waals surface area contributed by atoms with Crippen molar-refractivity contribution in [2.75, 3.05) is 25.1 Å². The highest BCUT2D eigenvalue weighted by Crippen LogP contribution is 2.18. The van der Waals surface area contributed by atoms with Gasteiger partial charge in [0.1, 0.15) is 0 Å². The van der Waals surface area contributed by atoms with Gasteiger partial charge in [-0.3, -0.25) is 4.79 Å². The van der Waals surface area contributed by atoms with Crippen LogP contribution in [0, 0.1) is 5.82 Å². The summed E-state index contributed by atoms with van der Waals surface area (Å²) >= 11 is 0. The Morgan fingerprint density at radius 1 is 0.929 bits per heavy atom. The molecule has 7 nitrogen and oxygen atoms in total. The summed E-state index contributed by atoms with van der Waals surface area (Å²) in [6, 6.07) is 9.72. The summed E-state index contributed by atoms with van der Waals surface area (Å²) in [5, 5.41) is 2.50. The average Bonchev–Trinajstić information content (AvgIpc) is 2.67. The van der Waals surface area contributed by atoms with E-state index in [1.54, 1.807) is 19.9 Å². The largest absolute Gasteiger partial charge is 0.481 e. The van der Waals surface area contributed by atoms with Gasteiger partial charge in [-0.2, -0.15) is 0 Å². The van der Waals surface area contributed by atoms with E-state index in [-0.39, 0.29) is 35.8 Å². The quantitative estimate of drug-likeness (QED) is 0.698. The molecule has 0 unspecified atom stereocenters. The molecule has 0 aliphatic heterocycles. The molecule has 0 saturated carbocycles. The van der Waals surface area contributed by atoms with E-state index >= 15 is 0 Å². The van der Waals surface area contributed by atoms with Crippen LogP contribution in [0.3, 0.4) is 0 Å². The molecule has 0 aliphatic rings. The smallest absolute Gasteiger partial charge is 0.338 e. The van der Waals surface area contributed by atoms with E-state index < -0.39 is 30.3 Å². The van der Waals surface area contributed by atoms with Crippen LogP contribution in [0.1, 0.15) is 34.6 Å². The first-order valence-electron chi connectivity index (χ1n) is 8.61. The number of esters is 2. The molecule has 0 spiro atoms. The first-order valence-corrected chi connectivity index (χ1v) is 8.61. The molecule has 148 valence electrons. The molecule has 0 atom stereocenters. The standard InChI is InChI=1S/C20H20FNO6/c1-3-26-19(24)13-9-14(20(25)27-4-2)11-15(10-13)22-18(23)12-28-17-8-6-5-7-16(17)21/h5-11H,3-4,12H2,1-2H3,(H,22,23). The van der Waals surface area contributed by atoms with Crippen LogP contribution in [-0.2, 0) is 14.3 Å². The minimum Gasteiger partial charge on any atom is -0.481 e. The summed E-state index contributed by atoms with van der Waals surface area (Å²) < 4.78 is 28.5. The number of carbonyl (C=O) groups excluding carboxylic acids is 3. The molecule has 2 aromatic carbocycles. The van der Waals surface area contributed by atoms with Crippen LogP contribution < -0.4 is 10.1 Å². The number of para-hydroxylation sites is 1. The zero-order chi connectivity index (χ0) is 20.5. The lowest BCUT2D eigenvalue weighted by molar-refractivity contribution is -0.118. The van der Waals surface area contributed by atoms with E-state index in [2.05, 4.69) is 5.32 Å². The van der Waals surface area contributed by atoms with E-state index in [1.807, 2.05) is 0 Å². The van der Waals surface area contributed by atoms with Gasteiger partial charge >= 0.3 is 11.9 Å². The van der Waals surface area contributed by atoms with Crippen molar-refractivity contribution < 1.29 is 33.0 Å². The van der Waals surface area contributed by atoms with Crippen molar-refractivity contribution in [2.24, 2.45) is 0 Å². The van der Waals surface area contributed by atoms with Crippen LogP contribution in [0.2, 0.25) is 0 Å². The van der Waals surface area contributed by atoms with Crippen LogP contribution in [0.5, 0.6) is 5.75 Å². The van der Waals surface area contributed by atoms with E-state index in [4.69, 9.17) is 14.2 Å². The van der Waals surface area contributed by atoms with Gasteiger partial charge in [-0.05, 0) is 44.2 Å². The summed E-state index contributed by atoms with van der Waals surface area (Å²) in [5.41, 5.74) is 0.339. The minimum atomic E-state index is -0.647. The molecular weight excluding hydrogens is 369 g/mol. The maximum Gasteiger partial charge on any atom is 0.338 e. The molecular formula is C20H20FNO6. The minimum absolute atomic E-state index is 0.0647. The summed E-state index contributed by atoms with van der Waals surface area (Å²) in [7, 11) is 0. The third-order valence-corrected chi connectivity index (χ3v) is 3.43. The summed E-state index contributed by atoms with van der Waals surface area (Å²) in [4.78, 5) is 36.1. The summed E-state index contributed by atoms with van der Waals surface area (Å²) in [5.74, 6) is -2.55. The van der Waals surface area contributed by atoms with Gasteiger partial charge in [0.25, 0.3) is 5.91 Å².